The van der Waals surface area contributed by atoms with Crippen molar-refractivity contribution in [1.82, 2.24) is 35.0 Å². The van der Waals surface area contributed by atoms with Crippen molar-refractivity contribution in [3.63, 3.8) is 0 Å². The fourth-order valence-corrected chi connectivity index (χ4v) is 8.23. The molecule has 0 bridgehead atoms. The zero-order valence-electron chi connectivity index (χ0n) is 32.3. The fraction of sp³-hybridized carbons (Fsp3) is 0.439. The van der Waals surface area contributed by atoms with Gasteiger partial charge in [-0.05, 0) is 59.1 Å². The van der Waals surface area contributed by atoms with E-state index in [4.69, 9.17) is 14.2 Å². The number of aromatic nitrogens is 3. The molecule has 3 fully saturated rings. The maximum atomic E-state index is 13.7. The number of alkyl carbamates (subject to hydrolysis) is 1. The zero-order chi connectivity index (χ0) is 39.2. The normalized spacial score (nSPS) is 22.7. The van der Waals surface area contributed by atoms with Gasteiger partial charge in [0.1, 0.15) is 23.9 Å². The van der Waals surface area contributed by atoms with Crippen LogP contribution in [0.2, 0.25) is 0 Å². The Kier molecular flexibility index (Phi) is 10.2. The first kappa shape index (κ1) is 37.7. The Morgan fingerprint density at radius 2 is 1.51 bits per heavy atom. The van der Waals surface area contributed by atoms with E-state index in [0.29, 0.717) is 12.4 Å². The number of nitrogens with one attached hydrogen (secondary N) is 3. The van der Waals surface area contributed by atoms with Crippen molar-refractivity contribution in [2.75, 3.05) is 27.4 Å². The second kappa shape index (κ2) is 14.9. The molecule has 14 nitrogen and oxygen atoms in total. The maximum Gasteiger partial charge on any atom is 0.413 e. The number of ether oxygens (including phenoxy) is 3. The Hall–Kier alpha value is -5.63. The van der Waals surface area contributed by atoms with Gasteiger partial charge in [-0.3, -0.25) is 14.5 Å². The van der Waals surface area contributed by atoms with Crippen LogP contribution in [0, 0.1) is 11.8 Å². The number of carbonyl (C=O) groups excluding carboxylic acids is 4. The van der Waals surface area contributed by atoms with Crippen molar-refractivity contribution in [1.29, 1.82) is 0 Å². The number of hydrogen-bond donors (Lipinski definition) is 3. The molecule has 2 aromatic heterocycles. The third-order valence-electron chi connectivity index (χ3n) is 11.1. The summed E-state index contributed by atoms with van der Waals surface area (Å²) in [5, 5.41) is 2.71. The van der Waals surface area contributed by atoms with Crippen molar-refractivity contribution < 1.29 is 33.4 Å². The highest BCUT2D eigenvalue weighted by molar-refractivity contribution is 5.91. The smallest absolute Gasteiger partial charge is 0.413 e. The Morgan fingerprint density at radius 1 is 0.873 bits per heavy atom. The highest BCUT2D eigenvalue weighted by Gasteiger charge is 2.64. The highest BCUT2D eigenvalue weighted by atomic mass is 16.6. The maximum absolute atomic E-state index is 13.7. The molecule has 55 heavy (non-hydrogen) atoms. The van der Waals surface area contributed by atoms with Gasteiger partial charge in [-0.2, -0.15) is 0 Å². The van der Waals surface area contributed by atoms with Gasteiger partial charge in [-0.1, -0.05) is 76.2 Å². The number of methoxy groups -OCH3 is 2. The molecular formula is C41H49N7O7. The number of likely N-dealkylation sites (tertiary alicyclic amines) is 1. The third kappa shape index (κ3) is 6.72. The van der Waals surface area contributed by atoms with Crippen LogP contribution in [-0.2, 0) is 23.8 Å². The number of H-pyrrole nitrogens is 2. The zero-order valence-corrected chi connectivity index (χ0v) is 32.3. The van der Waals surface area contributed by atoms with Crippen molar-refractivity contribution >= 4 is 24.0 Å². The number of hydrogen-bond acceptors (Lipinski definition) is 8. The molecule has 3 saturated heterocycles. The Labute approximate surface area is 320 Å². The second-order valence-corrected chi connectivity index (χ2v) is 15.2. The SMILES string of the molecule is COC(=O)NC(C(=O)N1CCCC1c1ccc(-c2ccc(-c3ccc(-c4cnc([C@@H]5COC6(C)N(C(=O)OC)C(C(C)C)C(=O)N56)[nH]4)cc3)cc2)[nH]1)C(C)C. The van der Waals surface area contributed by atoms with Crippen LogP contribution in [0.4, 0.5) is 9.59 Å². The summed E-state index contributed by atoms with van der Waals surface area (Å²) in [4.78, 5) is 68.4. The first-order chi connectivity index (χ1) is 26.4. The van der Waals surface area contributed by atoms with Gasteiger partial charge in [0.15, 0.2) is 0 Å². The van der Waals surface area contributed by atoms with Crippen LogP contribution in [0.5, 0.6) is 0 Å². The molecule has 3 aliphatic heterocycles. The van der Waals surface area contributed by atoms with Crippen LogP contribution in [0.3, 0.4) is 0 Å². The van der Waals surface area contributed by atoms with E-state index in [1.54, 1.807) is 18.0 Å². The Morgan fingerprint density at radius 3 is 2.11 bits per heavy atom. The number of fused-ring (bicyclic) bond motifs is 1. The van der Waals surface area contributed by atoms with Crippen LogP contribution >= 0.6 is 0 Å². The van der Waals surface area contributed by atoms with Crippen LogP contribution in [0.1, 0.15) is 71.1 Å². The molecule has 3 aliphatic rings. The summed E-state index contributed by atoms with van der Waals surface area (Å²) in [7, 11) is 2.60. The number of benzene rings is 2. The van der Waals surface area contributed by atoms with Gasteiger partial charge in [0.05, 0.1) is 38.8 Å². The Bertz CT molecular complexity index is 2060. The van der Waals surface area contributed by atoms with Crippen molar-refractivity contribution in [2.24, 2.45) is 11.8 Å². The van der Waals surface area contributed by atoms with E-state index in [-0.39, 0.29) is 36.3 Å². The number of aromatic amines is 2. The molecule has 0 spiro atoms. The molecule has 5 heterocycles. The minimum atomic E-state index is -1.28. The molecule has 290 valence electrons. The van der Waals surface area contributed by atoms with E-state index in [9.17, 15) is 19.2 Å². The second-order valence-electron chi connectivity index (χ2n) is 15.2. The summed E-state index contributed by atoms with van der Waals surface area (Å²) in [6.07, 6.45) is 2.25. The number of rotatable bonds is 9. The largest absolute Gasteiger partial charge is 0.453 e. The summed E-state index contributed by atoms with van der Waals surface area (Å²) in [6.45, 7) is 10.1. The average molecular weight is 752 g/mol. The van der Waals surface area contributed by atoms with E-state index in [0.717, 1.165) is 52.2 Å². The average Bonchev–Trinajstić information content (AvgIpc) is 4.02. The quantitative estimate of drug-likeness (QED) is 0.176. The van der Waals surface area contributed by atoms with E-state index in [1.807, 2.05) is 56.9 Å². The van der Waals surface area contributed by atoms with Gasteiger partial charge in [-0.15, -0.1) is 0 Å². The molecule has 14 heteroatoms. The molecule has 0 aliphatic carbocycles. The lowest BCUT2D eigenvalue weighted by atomic mass is 10.0. The van der Waals surface area contributed by atoms with Gasteiger partial charge in [0.2, 0.25) is 17.7 Å². The molecule has 0 radical (unpaired) electrons. The minimum Gasteiger partial charge on any atom is -0.453 e. The van der Waals surface area contributed by atoms with Crippen LogP contribution in [0.15, 0.2) is 66.9 Å². The van der Waals surface area contributed by atoms with Gasteiger partial charge in [-0.25, -0.2) is 19.5 Å². The predicted molar refractivity (Wildman–Crippen MR) is 204 cm³/mol. The van der Waals surface area contributed by atoms with E-state index in [1.165, 1.54) is 19.1 Å². The van der Waals surface area contributed by atoms with E-state index >= 15 is 0 Å². The summed E-state index contributed by atoms with van der Waals surface area (Å²) in [5.41, 5.74) is 6.79. The molecule has 3 N–H and O–H groups in total. The number of carbonyl (C=O) groups is 4. The molecule has 4 amide bonds. The predicted octanol–water partition coefficient (Wildman–Crippen LogP) is 6.46. The molecule has 7 rings (SSSR count). The van der Waals surface area contributed by atoms with Crippen molar-refractivity contribution in [3.8, 4) is 33.6 Å². The first-order valence-electron chi connectivity index (χ1n) is 18.8. The highest BCUT2D eigenvalue weighted by Crippen LogP contribution is 2.46. The van der Waals surface area contributed by atoms with Crippen LogP contribution < -0.4 is 5.32 Å². The monoisotopic (exact) mass is 751 g/mol. The molecular weight excluding hydrogens is 702 g/mol. The van der Waals surface area contributed by atoms with Crippen molar-refractivity contribution in [2.45, 2.75) is 77.5 Å². The summed E-state index contributed by atoms with van der Waals surface area (Å²) in [6, 6.07) is 18.6. The lowest BCUT2D eigenvalue weighted by Crippen LogP contribution is -2.54. The van der Waals surface area contributed by atoms with Gasteiger partial charge >= 0.3 is 12.2 Å². The third-order valence-corrected chi connectivity index (χ3v) is 11.1. The minimum absolute atomic E-state index is 0.0889. The number of imidazole rings is 1. The summed E-state index contributed by atoms with van der Waals surface area (Å²) < 4.78 is 15.9. The van der Waals surface area contributed by atoms with Crippen LogP contribution in [-0.4, -0.2) is 99.0 Å². The lowest BCUT2D eigenvalue weighted by Gasteiger charge is -2.35. The Balaban J connectivity index is 1.02. The standard InChI is InChI=1S/C41H49N7O7/c1-23(2)34(45-39(51)53-6)37(49)46-20-8-9-32(46)30-19-18-29(43-30)27-14-10-25(11-15-27)26-12-16-28(17-13-26)31-21-42-36(44-31)33-22-55-41(5)47(33)38(50)35(24(3)4)48(41)40(52)54-7/h10-19,21,23-24,32-35,43H,8-9,20,22H2,1-7H3,(H,42,44)(H,45,51)/t32?,33-,34?,35?,41?/m0/s1. The van der Waals surface area contributed by atoms with Gasteiger partial charge in [0, 0.05) is 24.9 Å². The van der Waals surface area contributed by atoms with E-state index < -0.39 is 36.2 Å². The molecule has 2 aromatic carbocycles. The van der Waals surface area contributed by atoms with Gasteiger partial charge in [0.25, 0.3) is 0 Å². The number of nitrogens with zero attached hydrogens (tertiary/aromatic N) is 4. The van der Waals surface area contributed by atoms with Gasteiger partial charge < -0.3 is 34.4 Å². The fourth-order valence-electron chi connectivity index (χ4n) is 8.23. The topological polar surface area (TPSA) is 162 Å². The lowest BCUT2D eigenvalue weighted by molar-refractivity contribution is -0.150. The molecule has 4 aromatic rings. The van der Waals surface area contributed by atoms with Crippen LogP contribution in [0.25, 0.3) is 33.6 Å². The summed E-state index contributed by atoms with van der Waals surface area (Å²) in [5.74, 6) is -1.24. The number of amides is 4. The molecule has 5 atom stereocenters. The molecule has 0 saturated carbocycles. The molecule has 4 unspecified atom stereocenters. The van der Waals surface area contributed by atoms with Crippen molar-refractivity contribution in [3.05, 3.63) is 78.4 Å². The van der Waals surface area contributed by atoms with E-state index in [2.05, 4.69) is 56.7 Å². The first-order valence-corrected chi connectivity index (χ1v) is 18.8. The summed E-state index contributed by atoms with van der Waals surface area (Å²) >= 11 is 0.